The molecule has 0 spiro atoms. The van der Waals surface area contributed by atoms with Crippen molar-refractivity contribution in [1.82, 2.24) is 14.5 Å². The zero-order valence-electron chi connectivity index (χ0n) is 17.4. The van der Waals surface area contributed by atoms with Gasteiger partial charge in [0.1, 0.15) is 12.4 Å². The van der Waals surface area contributed by atoms with Crippen molar-refractivity contribution in [2.24, 2.45) is 11.8 Å². The molecule has 1 fully saturated rings. The van der Waals surface area contributed by atoms with Gasteiger partial charge in [-0.15, -0.1) is 0 Å². The van der Waals surface area contributed by atoms with E-state index < -0.39 is 12.7 Å². The molecule has 1 aliphatic heterocycles. The molecule has 3 atom stereocenters. The lowest BCUT2D eigenvalue weighted by Crippen LogP contribution is -2.43. The number of fused-ring (bicyclic) bond motifs is 1. The maximum absolute atomic E-state index is 13.0. The van der Waals surface area contributed by atoms with E-state index in [0.29, 0.717) is 30.7 Å². The van der Waals surface area contributed by atoms with Crippen LogP contribution in [0.4, 0.5) is 13.2 Å². The standard InChI is InChI=1S/C22H28F3N3O2/c1-15-4-3-5-18(16(15)2)28(11-17-6-7-19-20(10-17)30-14-29-19)12-21-26-8-9-27(21)13-22(23,24)25/h6-10,15-16,18H,3-5,11-14H2,1-2H3. The maximum Gasteiger partial charge on any atom is 0.406 e. The third kappa shape index (κ3) is 4.74. The molecule has 164 valence electrons. The SMILES string of the molecule is CC1CCCC(N(Cc2ccc3c(c2)OCO3)Cc2nccn2CC(F)(F)F)C1C. The van der Waals surface area contributed by atoms with Crippen LogP contribution in [0.5, 0.6) is 11.5 Å². The van der Waals surface area contributed by atoms with Crippen LogP contribution < -0.4 is 9.47 Å². The third-order valence-corrected chi connectivity index (χ3v) is 6.45. The Morgan fingerprint density at radius 3 is 2.73 bits per heavy atom. The van der Waals surface area contributed by atoms with Crippen LogP contribution in [0.1, 0.15) is 44.5 Å². The second-order valence-corrected chi connectivity index (χ2v) is 8.51. The average Bonchev–Trinajstić information content (AvgIpc) is 3.31. The van der Waals surface area contributed by atoms with Gasteiger partial charge in [-0.25, -0.2) is 4.98 Å². The van der Waals surface area contributed by atoms with Crippen molar-refractivity contribution in [1.29, 1.82) is 0 Å². The fourth-order valence-corrected chi connectivity index (χ4v) is 4.64. The molecule has 30 heavy (non-hydrogen) atoms. The number of halogens is 3. The maximum atomic E-state index is 13.0. The summed E-state index contributed by atoms with van der Waals surface area (Å²) in [5.74, 6) is 2.93. The normalized spacial score (nSPS) is 23.9. The summed E-state index contributed by atoms with van der Waals surface area (Å²) < 4.78 is 51.1. The number of imidazole rings is 1. The van der Waals surface area contributed by atoms with Gasteiger partial charge in [-0.3, -0.25) is 4.90 Å². The van der Waals surface area contributed by atoms with Gasteiger partial charge in [-0.1, -0.05) is 32.8 Å². The Morgan fingerprint density at radius 2 is 1.93 bits per heavy atom. The molecule has 5 nitrogen and oxygen atoms in total. The van der Waals surface area contributed by atoms with E-state index in [2.05, 4.69) is 23.7 Å². The van der Waals surface area contributed by atoms with Crippen LogP contribution in [0.3, 0.4) is 0 Å². The first-order chi connectivity index (χ1) is 14.3. The molecule has 0 bridgehead atoms. The Hall–Kier alpha value is -2.22. The fraction of sp³-hybridized carbons (Fsp3) is 0.591. The van der Waals surface area contributed by atoms with Crippen LogP contribution in [0.2, 0.25) is 0 Å². The molecular weight excluding hydrogens is 395 g/mol. The summed E-state index contributed by atoms with van der Waals surface area (Å²) in [6.07, 6.45) is 1.95. The van der Waals surface area contributed by atoms with Crippen molar-refractivity contribution in [3.8, 4) is 11.5 Å². The summed E-state index contributed by atoms with van der Waals surface area (Å²) in [6.45, 7) is 4.71. The van der Waals surface area contributed by atoms with E-state index in [0.717, 1.165) is 29.9 Å². The highest BCUT2D eigenvalue weighted by Gasteiger charge is 2.33. The second-order valence-electron chi connectivity index (χ2n) is 8.51. The highest BCUT2D eigenvalue weighted by atomic mass is 19.4. The van der Waals surface area contributed by atoms with Crippen LogP contribution in [0.15, 0.2) is 30.6 Å². The molecule has 1 aliphatic carbocycles. The van der Waals surface area contributed by atoms with Crippen LogP contribution in [0.25, 0.3) is 0 Å². The molecule has 4 rings (SSSR count). The van der Waals surface area contributed by atoms with Crippen LogP contribution in [-0.4, -0.2) is 33.5 Å². The van der Waals surface area contributed by atoms with Crippen molar-refractivity contribution >= 4 is 0 Å². The zero-order valence-corrected chi connectivity index (χ0v) is 17.4. The molecular formula is C22H28F3N3O2. The van der Waals surface area contributed by atoms with Crippen LogP contribution in [-0.2, 0) is 19.6 Å². The molecule has 1 aromatic carbocycles. The van der Waals surface area contributed by atoms with E-state index in [9.17, 15) is 13.2 Å². The molecule has 1 aromatic heterocycles. The molecule has 1 saturated carbocycles. The summed E-state index contributed by atoms with van der Waals surface area (Å²) in [6, 6.07) is 6.15. The Balaban J connectivity index is 1.59. The summed E-state index contributed by atoms with van der Waals surface area (Å²) >= 11 is 0. The molecule has 0 saturated heterocycles. The lowest BCUT2D eigenvalue weighted by Gasteiger charge is -2.41. The molecule has 2 aromatic rings. The quantitative estimate of drug-likeness (QED) is 0.656. The van der Waals surface area contributed by atoms with Gasteiger partial charge in [-0.2, -0.15) is 13.2 Å². The minimum absolute atomic E-state index is 0.217. The predicted octanol–water partition coefficient (Wildman–Crippen LogP) is 5.00. The fourth-order valence-electron chi connectivity index (χ4n) is 4.64. The zero-order chi connectivity index (χ0) is 21.3. The first kappa shape index (κ1) is 21.0. The van der Waals surface area contributed by atoms with Crippen molar-refractivity contribution in [2.45, 2.75) is 65.0 Å². The molecule has 0 radical (unpaired) electrons. The summed E-state index contributed by atoms with van der Waals surface area (Å²) in [5, 5.41) is 0. The lowest BCUT2D eigenvalue weighted by molar-refractivity contribution is -0.141. The van der Waals surface area contributed by atoms with Gasteiger partial charge < -0.3 is 14.0 Å². The molecule has 3 unspecified atom stereocenters. The van der Waals surface area contributed by atoms with Gasteiger partial charge >= 0.3 is 6.18 Å². The Morgan fingerprint density at radius 1 is 1.13 bits per heavy atom. The van der Waals surface area contributed by atoms with Gasteiger partial charge in [0.2, 0.25) is 6.79 Å². The largest absolute Gasteiger partial charge is 0.454 e. The van der Waals surface area contributed by atoms with Crippen molar-refractivity contribution < 1.29 is 22.6 Å². The molecule has 2 heterocycles. The lowest BCUT2D eigenvalue weighted by atomic mass is 9.77. The monoisotopic (exact) mass is 423 g/mol. The Labute approximate surface area is 174 Å². The minimum Gasteiger partial charge on any atom is -0.454 e. The van der Waals surface area contributed by atoms with E-state index >= 15 is 0 Å². The van der Waals surface area contributed by atoms with Gasteiger partial charge in [0.25, 0.3) is 0 Å². The summed E-state index contributed by atoms with van der Waals surface area (Å²) in [7, 11) is 0. The van der Waals surface area contributed by atoms with E-state index in [1.165, 1.54) is 23.4 Å². The first-order valence-electron chi connectivity index (χ1n) is 10.5. The molecule has 2 aliphatic rings. The highest BCUT2D eigenvalue weighted by Crippen LogP contribution is 2.36. The third-order valence-electron chi connectivity index (χ3n) is 6.45. The number of hydrogen-bond donors (Lipinski definition) is 0. The number of nitrogens with zero attached hydrogens (tertiary/aromatic N) is 3. The van der Waals surface area contributed by atoms with E-state index in [1.54, 1.807) is 0 Å². The smallest absolute Gasteiger partial charge is 0.406 e. The number of ether oxygens (including phenoxy) is 2. The highest BCUT2D eigenvalue weighted by molar-refractivity contribution is 5.44. The predicted molar refractivity (Wildman–Crippen MR) is 106 cm³/mol. The number of benzene rings is 1. The van der Waals surface area contributed by atoms with Gasteiger partial charge in [-0.05, 0) is 36.0 Å². The van der Waals surface area contributed by atoms with Gasteiger partial charge in [0, 0.05) is 25.0 Å². The average molecular weight is 423 g/mol. The molecule has 8 heteroatoms. The molecule has 0 N–H and O–H groups in total. The van der Waals surface area contributed by atoms with Crippen LogP contribution in [0, 0.1) is 11.8 Å². The number of rotatable bonds is 6. The second kappa shape index (κ2) is 8.49. The van der Waals surface area contributed by atoms with Crippen molar-refractivity contribution in [3.63, 3.8) is 0 Å². The van der Waals surface area contributed by atoms with Crippen LogP contribution >= 0.6 is 0 Å². The number of alkyl halides is 3. The van der Waals surface area contributed by atoms with E-state index in [1.807, 2.05) is 18.2 Å². The number of hydrogen-bond acceptors (Lipinski definition) is 4. The minimum atomic E-state index is -4.27. The summed E-state index contributed by atoms with van der Waals surface area (Å²) in [4.78, 5) is 6.54. The topological polar surface area (TPSA) is 39.5 Å². The van der Waals surface area contributed by atoms with Crippen molar-refractivity contribution in [3.05, 3.63) is 42.0 Å². The molecule has 0 amide bonds. The van der Waals surface area contributed by atoms with Crippen molar-refractivity contribution in [2.75, 3.05) is 6.79 Å². The first-order valence-corrected chi connectivity index (χ1v) is 10.5. The van der Waals surface area contributed by atoms with Gasteiger partial charge in [0.05, 0.1) is 6.54 Å². The summed E-state index contributed by atoms with van der Waals surface area (Å²) in [5.41, 5.74) is 1.05. The van der Waals surface area contributed by atoms with E-state index in [-0.39, 0.29) is 12.8 Å². The number of aromatic nitrogens is 2. The Kier molecular flexibility index (Phi) is 5.95. The van der Waals surface area contributed by atoms with Gasteiger partial charge in [0.15, 0.2) is 11.5 Å². The Bertz CT molecular complexity index is 868. The van der Waals surface area contributed by atoms with E-state index in [4.69, 9.17) is 9.47 Å².